The Balaban J connectivity index is 1.20. The second-order valence-electron chi connectivity index (χ2n) is 12.2. The Labute approximate surface area is 275 Å². The molecule has 1 N–H and O–H groups in total. The normalized spacial score (nSPS) is 14.9. The summed E-state index contributed by atoms with van der Waals surface area (Å²) >= 11 is 0. The summed E-state index contributed by atoms with van der Waals surface area (Å²) in [5.41, 5.74) is 8.47. The number of furan rings is 2. The minimum atomic E-state index is -0.480. The molecule has 5 heteroatoms. The monoisotopic (exact) mass is 617 g/mol. The first-order valence-corrected chi connectivity index (χ1v) is 16.1. The van der Waals surface area contributed by atoms with Crippen LogP contribution in [0.15, 0.2) is 170 Å². The molecule has 2 aromatic heterocycles. The molecule has 0 spiro atoms. The number of rotatable bonds is 4. The van der Waals surface area contributed by atoms with Gasteiger partial charge >= 0.3 is 0 Å². The van der Waals surface area contributed by atoms with Crippen LogP contribution in [-0.4, -0.2) is 11.7 Å². The quantitative estimate of drug-likeness (QED) is 0.214. The number of para-hydroxylation sites is 2. The lowest BCUT2D eigenvalue weighted by atomic mass is 9.96. The molecular weight excluding hydrogens is 590 g/mol. The highest BCUT2D eigenvalue weighted by molar-refractivity contribution is 6.24. The van der Waals surface area contributed by atoms with Crippen LogP contribution in [0.25, 0.3) is 65.8 Å². The fraction of sp³-hybridized carbons (Fsp3) is 0.0233. The number of hydrogen-bond acceptors (Lipinski definition) is 5. The van der Waals surface area contributed by atoms with Gasteiger partial charge in [0.25, 0.3) is 0 Å². The van der Waals surface area contributed by atoms with Crippen molar-refractivity contribution in [3.8, 4) is 11.1 Å². The summed E-state index contributed by atoms with van der Waals surface area (Å²) in [7, 11) is 0. The van der Waals surface area contributed by atoms with E-state index in [-0.39, 0.29) is 0 Å². The van der Waals surface area contributed by atoms with Gasteiger partial charge in [-0.3, -0.25) is 0 Å². The Morgan fingerprint density at radius 1 is 0.438 bits per heavy atom. The molecule has 1 aliphatic rings. The number of amidine groups is 2. The minimum Gasteiger partial charge on any atom is -0.456 e. The van der Waals surface area contributed by atoms with Crippen LogP contribution in [0.2, 0.25) is 0 Å². The third kappa shape index (κ3) is 4.32. The number of nitrogens with one attached hydrogen (secondary N) is 1. The molecular formula is C43H27N3O2. The first kappa shape index (κ1) is 26.7. The molecule has 0 fully saturated rings. The maximum Gasteiger partial charge on any atom is 0.169 e. The first-order valence-electron chi connectivity index (χ1n) is 16.1. The molecule has 0 saturated carbocycles. The predicted molar refractivity (Wildman–Crippen MR) is 196 cm³/mol. The van der Waals surface area contributed by atoms with E-state index in [9.17, 15) is 0 Å². The number of fused-ring (bicyclic) bond motifs is 7. The van der Waals surface area contributed by atoms with Crippen LogP contribution in [0.1, 0.15) is 22.9 Å². The first-order chi connectivity index (χ1) is 23.7. The molecule has 48 heavy (non-hydrogen) atoms. The van der Waals surface area contributed by atoms with Crippen molar-refractivity contribution in [2.24, 2.45) is 9.98 Å². The Bertz CT molecular complexity index is 2770. The van der Waals surface area contributed by atoms with Gasteiger partial charge in [-0.05, 0) is 69.9 Å². The maximum absolute atomic E-state index is 6.51. The van der Waals surface area contributed by atoms with Gasteiger partial charge in [-0.25, -0.2) is 9.98 Å². The number of benzene rings is 7. The van der Waals surface area contributed by atoms with Crippen LogP contribution in [0, 0.1) is 0 Å². The van der Waals surface area contributed by atoms with Gasteiger partial charge in [-0.15, -0.1) is 0 Å². The van der Waals surface area contributed by atoms with Gasteiger partial charge < -0.3 is 14.2 Å². The van der Waals surface area contributed by atoms with Crippen molar-refractivity contribution < 1.29 is 8.83 Å². The third-order valence-electron chi connectivity index (χ3n) is 9.30. The van der Waals surface area contributed by atoms with Gasteiger partial charge in [0.1, 0.15) is 34.0 Å². The summed E-state index contributed by atoms with van der Waals surface area (Å²) in [6.07, 6.45) is -0.480. The molecule has 7 aromatic carbocycles. The van der Waals surface area contributed by atoms with Crippen LogP contribution in [0.4, 0.5) is 0 Å². The SMILES string of the molecule is c1ccc(C2=NC(c3ccc4oc5ccccc5c4c3)N=C(c3cc(-c4ccc5ccccc5c4)cc4oc5ccccc5c34)N2)cc1. The van der Waals surface area contributed by atoms with Crippen LogP contribution in [0.5, 0.6) is 0 Å². The Kier molecular flexibility index (Phi) is 5.87. The molecule has 0 bridgehead atoms. The molecule has 1 unspecified atom stereocenters. The zero-order valence-electron chi connectivity index (χ0n) is 25.7. The van der Waals surface area contributed by atoms with E-state index in [4.69, 9.17) is 18.8 Å². The smallest absolute Gasteiger partial charge is 0.169 e. The largest absolute Gasteiger partial charge is 0.456 e. The number of aliphatic imine (C=N–C) groups is 2. The lowest BCUT2D eigenvalue weighted by Crippen LogP contribution is -2.36. The molecule has 0 saturated heterocycles. The number of hydrogen-bond donors (Lipinski definition) is 1. The molecule has 5 nitrogen and oxygen atoms in total. The molecule has 9 aromatic rings. The Hall–Kier alpha value is -6.46. The summed E-state index contributed by atoms with van der Waals surface area (Å²) < 4.78 is 12.7. The maximum atomic E-state index is 6.51. The lowest BCUT2D eigenvalue weighted by Gasteiger charge is -2.23. The van der Waals surface area contributed by atoms with E-state index in [1.807, 2.05) is 54.6 Å². The summed E-state index contributed by atoms with van der Waals surface area (Å²) in [6.45, 7) is 0. The van der Waals surface area contributed by atoms with Crippen molar-refractivity contribution in [2.45, 2.75) is 6.17 Å². The van der Waals surface area contributed by atoms with Gasteiger partial charge in [0.05, 0.1) is 0 Å². The van der Waals surface area contributed by atoms with E-state index in [2.05, 4.69) is 102 Å². The lowest BCUT2D eigenvalue weighted by molar-refractivity contribution is 0.668. The fourth-order valence-corrected chi connectivity index (χ4v) is 6.96. The van der Waals surface area contributed by atoms with Crippen molar-refractivity contribution in [3.63, 3.8) is 0 Å². The van der Waals surface area contributed by atoms with Gasteiger partial charge in [0.2, 0.25) is 0 Å². The van der Waals surface area contributed by atoms with Crippen molar-refractivity contribution in [1.82, 2.24) is 5.32 Å². The van der Waals surface area contributed by atoms with E-state index < -0.39 is 6.17 Å². The van der Waals surface area contributed by atoms with Crippen LogP contribution < -0.4 is 5.32 Å². The standard InChI is InChI=1S/C43H27N3O2/c1-2-11-27(12-3-1)41-44-42(30-20-21-38-34(23-30)32-14-6-8-16-36(32)47-38)46-43(45-41)35-24-31(29-19-18-26-10-4-5-13-28(26)22-29)25-39-40(35)33-15-7-9-17-37(33)48-39/h1-25,42H,(H,44,45,46). The second kappa shape index (κ2) is 10.5. The highest BCUT2D eigenvalue weighted by atomic mass is 16.3. The minimum absolute atomic E-state index is 0.480. The zero-order chi connectivity index (χ0) is 31.6. The average molecular weight is 618 g/mol. The summed E-state index contributed by atoms with van der Waals surface area (Å²) in [6, 6.07) is 52.3. The van der Waals surface area contributed by atoms with Crippen molar-refractivity contribution >= 4 is 66.3 Å². The van der Waals surface area contributed by atoms with Gasteiger partial charge in [0, 0.05) is 32.7 Å². The Morgan fingerprint density at radius 3 is 2.00 bits per heavy atom. The van der Waals surface area contributed by atoms with Crippen molar-refractivity contribution in [3.05, 3.63) is 168 Å². The second-order valence-corrected chi connectivity index (χ2v) is 12.2. The van der Waals surface area contributed by atoms with Gasteiger partial charge in [0.15, 0.2) is 6.17 Å². The Morgan fingerprint density at radius 2 is 1.12 bits per heavy atom. The molecule has 1 atom stereocenters. The van der Waals surface area contributed by atoms with Crippen LogP contribution in [-0.2, 0) is 0 Å². The summed E-state index contributed by atoms with van der Waals surface area (Å²) in [4.78, 5) is 10.5. The zero-order valence-corrected chi connectivity index (χ0v) is 25.7. The molecule has 0 aliphatic carbocycles. The summed E-state index contributed by atoms with van der Waals surface area (Å²) in [5.74, 6) is 1.50. The third-order valence-corrected chi connectivity index (χ3v) is 9.30. The van der Waals surface area contributed by atoms with Crippen LogP contribution >= 0.6 is 0 Å². The molecule has 3 heterocycles. The number of nitrogens with zero attached hydrogens (tertiary/aromatic N) is 2. The molecule has 0 amide bonds. The van der Waals surface area contributed by atoms with E-state index >= 15 is 0 Å². The predicted octanol–water partition coefficient (Wildman–Crippen LogP) is 10.8. The molecule has 10 rings (SSSR count). The molecule has 226 valence electrons. The topological polar surface area (TPSA) is 63.0 Å². The van der Waals surface area contributed by atoms with Gasteiger partial charge in [-0.2, -0.15) is 0 Å². The van der Waals surface area contributed by atoms with Gasteiger partial charge in [-0.1, -0.05) is 109 Å². The van der Waals surface area contributed by atoms with Crippen LogP contribution in [0.3, 0.4) is 0 Å². The van der Waals surface area contributed by atoms with Crippen molar-refractivity contribution in [1.29, 1.82) is 0 Å². The highest BCUT2D eigenvalue weighted by Gasteiger charge is 2.25. The molecule has 1 aliphatic heterocycles. The van der Waals surface area contributed by atoms with E-state index in [0.717, 1.165) is 83.4 Å². The summed E-state index contributed by atoms with van der Waals surface area (Å²) in [5, 5.41) is 10.2. The van der Waals surface area contributed by atoms with E-state index in [0.29, 0.717) is 0 Å². The average Bonchev–Trinajstić information content (AvgIpc) is 3.72. The van der Waals surface area contributed by atoms with Crippen molar-refractivity contribution in [2.75, 3.05) is 0 Å². The van der Waals surface area contributed by atoms with E-state index in [1.54, 1.807) is 0 Å². The molecule has 0 radical (unpaired) electrons. The highest BCUT2D eigenvalue weighted by Crippen LogP contribution is 2.38. The van der Waals surface area contributed by atoms with E-state index in [1.165, 1.54) is 10.8 Å². The fourth-order valence-electron chi connectivity index (χ4n) is 6.96.